The molecule has 0 bridgehead atoms. The van der Waals surface area contributed by atoms with Crippen LogP contribution in [0, 0.1) is 5.92 Å². The van der Waals surface area contributed by atoms with Crippen molar-refractivity contribution in [3.05, 3.63) is 35.9 Å². The van der Waals surface area contributed by atoms with Crippen LogP contribution >= 0.6 is 0 Å². The van der Waals surface area contributed by atoms with Gasteiger partial charge in [-0.2, -0.15) is 0 Å². The molecule has 2 rings (SSSR count). The van der Waals surface area contributed by atoms with Gasteiger partial charge in [-0.1, -0.05) is 43.2 Å². The zero-order valence-corrected chi connectivity index (χ0v) is 12.2. The number of nitrogens with two attached hydrogens (primary N) is 1. The minimum Gasteiger partial charge on any atom is -0.330 e. The number of hydrogen-bond donors (Lipinski definition) is 1. The van der Waals surface area contributed by atoms with Crippen LogP contribution in [-0.2, 0) is 6.54 Å². The minimum atomic E-state index is 0.689. The van der Waals surface area contributed by atoms with E-state index in [1.165, 1.54) is 31.2 Å². The third-order valence-electron chi connectivity index (χ3n) is 4.54. The molecule has 1 unspecified atom stereocenters. The molecule has 2 heteroatoms. The molecule has 1 aromatic carbocycles. The molecule has 1 fully saturated rings. The molecule has 1 aromatic rings. The number of hydrogen-bond acceptors (Lipinski definition) is 2. The van der Waals surface area contributed by atoms with Crippen molar-refractivity contribution in [1.29, 1.82) is 0 Å². The van der Waals surface area contributed by atoms with Crippen molar-refractivity contribution in [1.82, 2.24) is 4.90 Å². The van der Waals surface area contributed by atoms with Gasteiger partial charge in [-0.25, -0.2) is 0 Å². The second-order valence-electron chi connectivity index (χ2n) is 5.88. The highest BCUT2D eigenvalue weighted by atomic mass is 15.2. The first-order valence-corrected chi connectivity index (χ1v) is 7.79. The first-order valence-electron chi connectivity index (χ1n) is 7.79. The van der Waals surface area contributed by atoms with Crippen LogP contribution < -0.4 is 5.73 Å². The average molecular weight is 260 g/mol. The Balaban J connectivity index is 1.97. The molecule has 0 saturated heterocycles. The van der Waals surface area contributed by atoms with Gasteiger partial charge in [-0.3, -0.25) is 4.90 Å². The van der Waals surface area contributed by atoms with Crippen LogP contribution in [0.2, 0.25) is 0 Å². The van der Waals surface area contributed by atoms with Gasteiger partial charge in [0.25, 0.3) is 0 Å². The lowest BCUT2D eigenvalue weighted by Gasteiger charge is -2.33. The van der Waals surface area contributed by atoms with Crippen LogP contribution in [0.5, 0.6) is 0 Å². The van der Waals surface area contributed by atoms with Gasteiger partial charge in [0.05, 0.1) is 0 Å². The lowest BCUT2D eigenvalue weighted by atomic mass is 9.97. The highest BCUT2D eigenvalue weighted by Crippen LogP contribution is 2.30. The number of nitrogens with zero attached hydrogens (tertiary/aromatic N) is 1. The average Bonchev–Trinajstić information content (AvgIpc) is 2.98. The van der Waals surface area contributed by atoms with Gasteiger partial charge in [0.15, 0.2) is 0 Å². The Labute approximate surface area is 118 Å². The molecule has 0 aromatic heterocycles. The lowest BCUT2D eigenvalue weighted by molar-refractivity contribution is 0.146. The first-order chi connectivity index (χ1) is 9.31. The summed E-state index contributed by atoms with van der Waals surface area (Å²) >= 11 is 0. The topological polar surface area (TPSA) is 29.3 Å². The van der Waals surface area contributed by atoms with Crippen LogP contribution in [-0.4, -0.2) is 24.0 Å². The maximum Gasteiger partial charge on any atom is 0.0236 e. The Kier molecular flexibility index (Phi) is 5.87. The third kappa shape index (κ3) is 4.32. The fraction of sp³-hybridized carbons (Fsp3) is 0.647. The molecule has 2 nitrogen and oxygen atoms in total. The summed E-state index contributed by atoms with van der Waals surface area (Å²) in [5.74, 6) is 0.890. The van der Waals surface area contributed by atoms with E-state index in [4.69, 9.17) is 5.73 Å². The van der Waals surface area contributed by atoms with E-state index in [1.807, 2.05) is 0 Å². The van der Waals surface area contributed by atoms with E-state index in [0.717, 1.165) is 32.0 Å². The van der Waals surface area contributed by atoms with Crippen molar-refractivity contribution in [3.63, 3.8) is 0 Å². The van der Waals surface area contributed by atoms with E-state index < -0.39 is 0 Å². The van der Waals surface area contributed by atoms with Crippen molar-refractivity contribution >= 4 is 0 Å². The fourth-order valence-corrected chi connectivity index (χ4v) is 3.28. The molecule has 2 N–H and O–H groups in total. The van der Waals surface area contributed by atoms with E-state index >= 15 is 0 Å². The van der Waals surface area contributed by atoms with E-state index in [1.54, 1.807) is 0 Å². The summed E-state index contributed by atoms with van der Waals surface area (Å²) in [6, 6.07) is 11.5. The van der Waals surface area contributed by atoms with Crippen molar-refractivity contribution in [2.45, 2.75) is 51.6 Å². The van der Waals surface area contributed by atoms with E-state index in [2.05, 4.69) is 42.2 Å². The molecule has 0 radical (unpaired) electrons. The Morgan fingerprint density at radius 3 is 2.53 bits per heavy atom. The third-order valence-corrected chi connectivity index (χ3v) is 4.54. The van der Waals surface area contributed by atoms with Crippen molar-refractivity contribution < 1.29 is 0 Å². The summed E-state index contributed by atoms with van der Waals surface area (Å²) in [7, 11) is 0. The molecule has 0 spiro atoms. The van der Waals surface area contributed by atoms with E-state index in [-0.39, 0.29) is 0 Å². The van der Waals surface area contributed by atoms with Crippen LogP contribution in [0.25, 0.3) is 0 Å². The van der Waals surface area contributed by atoms with E-state index in [9.17, 15) is 0 Å². The van der Waals surface area contributed by atoms with Crippen LogP contribution in [0.1, 0.15) is 44.6 Å². The maximum absolute atomic E-state index is 5.70. The summed E-state index contributed by atoms with van der Waals surface area (Å²) < 4.78 is 0. The quantitative estimate of drug-likeness (QED) is 0.814. The molecule has 0 heterocycles. The van der Waals surface area contributed by atoms with E-state index in [0.29, 0.717) is 6.04 Å². The summed E-state index contributed by atoms with van der Waals surface area (Å²) in [6.45, 7) is 5.40. The molecular weight excluding hydrogens is 232 g/mol. The predicted molar refractivity (Wildman–Crippen MR) is 81.9 cm³/mol. The fourth-order valence-electron chi connectivity index (χ4n) is 3.28. The standard InChI is InChI=1S/C17H28N2/c1-15(17-10-5-6-11-17)19(13-7-12-18)14-16-8-3-2-4-9-16/h2-4,8-9,15,17H,5-7,10-14,18H2,1H3. The molecule has 106 valence electrons. The molecule has 1 saturated carbocycles. The normalized spacial score (nSPS) is 18.1. The van der Waals surface area contributed by atoms with Crippen LogP contribution in [0.15, 0.2) is 30.3 Å². The Morgan fingerprint density at radius 1 is 1.21 bits per heavy atom. The summed E-state index contributed by atoms with van der Waals surface area (Å²) in [5.41, 5.74) is 7.12. The van der Waals surface area contributed by atoms with Gasteiger partial charge in [0.1, 0.15) is 0 Å². The largest absolute Gasteiger partial charge is 0.330 e. The Morgan fingerprint density at radius 2 is 1.89 bits per heavy atom. The molecular formula is C17H28N2. The predicted octanol–water partition coefficient (Wildman–Crippen LogP) is 3.42. The second kappa shape index (κ2) is 7.66. The Hall–Kier alpha value is -0.860. The van der Waals surface area contributed by atoms with Gasteiger partial charge < -0.3 is 5.73 Å². The van der Waals surface area contributed by atoms with Crippen molar-refractivity contribution in [2.24, 2.45) is 11.7 Å². The van der Waals surface area contributed by atoms with Crippen LogP contribution in [0.4, 0.5) is 0 Å². The van der Waals surface area contributed by atoms with Gasteiger partial charge in [0, 0.05) is 12.6 Å². The number of benzene rings is 1. The summed E-state index contributed by atoms with van der Waals surface area (Å²) in [4.78, 5) is 2.64. The zero-order valence-electron chi connectivity index (χ0n) is 12.2. The maximum atomic E-state index is 5.70. The molecule has 19 heavy (non-hydrogen) atoms. The summed E-state index contributed by atoms with van der Waals surface area (Å²) in [5, 5.41) is 0. The molecule has 0 aliphatic heterocycles. The van der Waals surface area contributed by atoms with Gasteiger partial charge in [0.2, 0.25) is 0 Å². The number of rotatable bonds is 7. The van der Waals surface area contributed by atoms with Crippen molar-refractivity contribution in [3.8, 4) is 0 Å². The van der Waals surface area contributed by atoms with Gasteiger partial charge >= 0.3 is 0 Å². The smallest absolute Gasteiger partial charge is 0.0236 e. The van der Waals surface area contributed by atoms with Crippen molar-refractivity contribution in [2.75, 3.05) is 13.1 Å². The van der Waals surface area contributed by atoms with Crippen LogP contribution in [0.3, 0.4) is 0 Å². The molecule has 0 amide bonds. The molecule has 1 aliphatic carbocycles. The highest BCUT2D eigenvalue weighted by molar-refractivity contribution is 5.14. The van der Waals surface area contributed by atoms with Gasteiger partial charge in [-0.15, -0.1) is 0 Å². The lowest BCUT2D eigenvalue weighted by Crippen LogP contribution is -2.38. The zero-order chi connectivity index (χ0) is 13.5. The minimum absolute atomic E-state index is 0.689. The molecule has 1 aliphatic rings. The SMILES string of the molecule is CC(C1CCCC1)N(CCCN)Cc1ccccc1. The summed E-state index contributed by atoms with van der Waals surface area (Å²) in [6.07, 6.45) is 6.77. The monoisotopic (exact) mass is 260 g/mol. The second-order valence-corrected chi connectivity index (χ2v) is 5.88. The van der Waals surface area contributed by atoms with Gasteiger partial charge in [-0.05, 0) is 50.8 Å². The molecule has 1 atom stereocenters. The highest BCUT2D eigenvalue weighted by Gasteiger charge is 2.26. The Bertz CT molecular complexity index is 344. The first kappa shape index (κ1) is 14.5.